The van der Waals surface area contributed by atoms with Crippen LogP contribution >= 0.6 is 11.6 Å². The van der Waals surface area contributed by atoms with Gasteiger partial charge in [-0.1, -0.05) is 43.6 Å². The van der Waals surface area contributed by atoms with Crippen molar-refractivity contribution < 1.29 is 15.0 Å². The second-order valence-corrected chi connectivity index (χ2v) is 8.89. The van der Waals surface area contributed by atoms with Crippen LogP contribution in [0.1, 0.15) is 20.3 Å². The Morgan fingerprint density at radius 2 is 1.78 bits per heavy atom. The molecule has 2 aromatic carbocycles. The number of aliphatic hydroxyl groups excluding tert-OH is 1. The van der Waals surface area contributed by atoms with Crippen LogP contribution in [0.4, 0.5) is 5.82 Å². The summed E-state index contributed by atoms with van der Waals surface area (Å²) in [7, 11) is 0. The molecule has 1 atom stereocenters. The van der Waals surface area contributed by atoms with Gasteiger partial charge in [-0.15, -0.1) is 0 Å². The molecule has 2 N–H and O–H groups in total. The Morgan fingerprint density at radius 1 is 1.06 bits per heavy atom. The number of phenols is 1. The van der Waals surface area contributed by atoms with Crippen LogP contribution in [0.5, 0.6) is 5.75 Å². The highest BCUT2D eigenvalue weighted by Gasteiger charge is 2.28. The highest BCUT2D eigenvalue weighted by Crippen LogP contribution is 2.36. The molecule has 1 aliphatic rings. The number of benzene rings is 2. The lowest BCUT2D eigenvalue weighted by molar-refractivity contribution is -0.141. The Kier molecular flexibility index (Phi) is 6.48. The van der Waals surface area contributed by atoms with Crippen LogP contribution in [0.2, 0.25) is 5.02 Å². The number of halogens is 1. The van der Waals surface area contributed by atoms with E-state index in [1.54, 1.807) is 23.1 Å². The van der Waals surface area contributed by atoms with Crippen LogP contribution in [0.25, 0.3) is 22.3 Å². The lowest BCUT2D eigenvalue weighted by Crippen LogP contribution is -2.52. The smallest absolute Gasteiger partial charge is 0.251 e. The van der Waals surface area contributed by atoms with Crippen LogP contribution in [-0.4, -0.2) is 63.3 Å². The third-order valence-electron chi connectivity index (χ3n) is 5.67. The van der Waals surface area contributed by atoms with Gasteiger partial charge in [0.15, 0.2) is 5.82 Å². The molecule has 4 rings (SSSR count). The largest absolute Gasteiger partial charge is 0.507 e. The van der Waals surface area contributed by atoms with E-state index in [4.69, 9.17) is 16.6 Å². The molecule has 0 saturated carbocycles. The minimum absolute atomic E-state index is 0.0216. The van der Waals surface area contributed by atoms with Crippen molar-refractivity contribution in [3.05, 3.63) is 47.5 Å². The lowest BCUT2D eigenvalue weighted by atomic mass is 10.0. The maximum Gasteiger partial charge on any atom is 0.251 e. The summed E-state index contributed by atoms with van der Waals surface area (Å²) in [6, 6.07) is 12.6. The number of phenolic OH excluding ortho intramolecular Hbond substituents is 1. The predicted molar refractivity (Wildman–Crippen MR) is 126 cm³/mol. The van der Waals surface area contributed by atoms with Crippen LogP contribution in [-0.2, 0) is 4.79 Å². The number of hydrogen-bond acceptors (Lipinski definition) is 6. The Labute approximate surface area is 192 Å². The Morgan fingerprint density at radius 3 is 2.47 bits per heavy atom. The van der Waals surface area contributed by atoms with E-state index in [2.05, 4.69) is 9.88 Å². The van der Waals surface area contributed by atoms with Gasteiger partial charge in [0.2, 0.25) is 0 Å². The summed E-state index contributed by atoms with van der Waals surface area (Å²) < 4.78 is 0. The third kappa shape index (κ3) is 4.49. The SMILES string of the molecule is CC(C)CC(O)C(=O)N1CCN(c2nc(-c3c(O)cccc3Cl)nc3ccccc23)CC1. The maximum atomic E-state index is 12.6. The van der Waals surface area contributed by atoms with Crippen molar-refractivity contribution in [3.8, 4) is 17.1 Å². The van der Waals surface area contributed by atoms with Crippen LogP contribution < -0.4 is 4.90 Å². The summed E-state index contributed by atoms with van der Waals surface area (Å²) in [5.41, 5.74) is 1.14. The maximum absolute atomic E-state index is 12.6. The van der Waals surface area contributed by atoms with Crippen molar-refractivity contribution in [1.29, 1.82) is 0 Å². The molecule has 7 nitrogen and oxygen atoms in total. The van der Waals surface area contributed by atoms with Crippen molar-refractivity contribution in [1.82, 2.24) is 14.9 Å². The molecule has 0 radical (unpaired) electrons. The van der Waals surface area contributed by atoms with Crippen LogP contribution in [0.15, 0.2) is 42.5 Å². The number of aromatic nitrogens is 2. The number of aliphatic hydroxyl groups is 1. The molecular formula is C24H27ClN4O3. The molecule has 1 aromatic heterocycles. The molecule has 1 amide bonds. The summed E-state index contributed by atoms with van der Waals surface area (Å²) >= 11 is 6.35. The Hall–Kier alpha value is -2.90. The van der Waals surface area contributed by atoms with Gasteiger partial charge in [0.05, 0.1) is 16.1 Å². The number of anilines is 1. The molecule has 2 heterocycles. The summed E-state index contributed by atoms with van der Waals surface area (Å²) in [5.74, 6) is 1.15. The number of hydrogen-bond donors (Lipinski definition) is 2. The third-order valence-corrected chi connectivity index (χ3v) is 5.98. The van der Waals surface area contributed by atoms with Gasteiger partial charge in [-0.2, -0.15) is 0 Å². The van der Waals surface area contributed by atoms with Gasteiger partial charge in [-0.3, -0.25) is 4.79 Å². The standard InChI is InChI=1S/C24H27ClN4O3/c1-15(2)14-20(31)24(32)29-12-10-28(11-13-29)23-16-6-3-4-8-18(16)26-22(27-23)21-17(25)7-5-9-19(21)30/h3-9,15,20,30-31H,10-14H2,1-2H3. The van der Waals surface area contributed by atoms with Crippen LogP contribution in [0, 0.1) is 5.92 Å². The monoisotopic (exact) mass is 454 g/mol. The van der Waals surface area contributed by atoms with E-state index in [0.717, 1.165) is 16.7 Å². The lowest BCUT2D eigenvalue weighted by Gasteiger charge is -2.37. The van der Waals surface area contributed by atoms with E-state index < -0.39 is 6.10 Å². The predicted octanol–water partition coefficient (Wildman–Crippen LogP) is 3.71. The first kappa shape index (κ1) is 22.3. The molecule has 168 valence electrons. The fourth-order valence-corrected chi connectivity index (χ4v) is 4.30. The minimum Gasteiger partial charge on any atom is -0.507 e. The van der Waals surface area contributed by atoms with Crippen molar-refractivity contribution in [2.45, 2.75) is 26.4 Å². The number of amides is 1. The zero-order valence-electron chi connectivity index (χ0n) is 18.2. The molecule has 8 heteroatoms. The quantitative estimate of drug-likeness (QED) is 0.610. The second-order valence-electron chi connectivity index (χ2n) is 8.48. The van der Waals surface area contributed by atoms with E-state index in [0.29, 0.717) is 49.0 Å². The van der Waals surface area contributed by atoms with E-state index in [1.807, 2.05) is 38.1 Å². The first-order valence-corrected chi connectivity index (χ1v) is 11.2. The van der Waals surface area contributed by atoms with Crippen molar-refractivity contribution in [2.24, 2.45) is 5.92 Å². The normalized spacial score (nSPS) is 15.4. The van der Waals surface area contributed by atoms with E-state index >= 15 is 0 Å². The number of fused-ring (bicyclic) bond motifs is 1. The fourth-order valence-electron chi connectivity index (χ4n) is 4.04. The molecule has 0 spiro atoms. The zero-order chi connectivity index (χ0) is 22.8. The number of rotatable bonds is 5. The number of para-hydroxylation sites is 1. The average Bonchev–Trinajstić information content (AvgIpc) is 2.77. The summed E-state index contributed by atoms with van der Waals surface area (Å²) in [6.45, 7) is 6.13. The van der Waals surface area contributed by atoms with Crippen LogP contribution in [0.3, 0.4) is 0 Å². The molecule has 1 saturated heterocycles. The first-order valence-electron chi connectivity index (χ1n) is 10.8. The molecule has 0 aliphatic carbocycles. The molecule has 3 aromatic rings. The molecule has 0 bridgehead atoms. The molecule has 1 unspecified atom stereocenters. The molecule has 1 aliphatic heterocycles. The number of piperazine rings is 1. The molecular weight excluding hydrogens is 428 g/mol. The Bertz CT molecular complexity index is 1110. The van der Waals surface area contributed by atoms with Gasteiger partial charge in [-0.25, -0.2) is 9.97 Å². The fraction of sp³-hybridized carbons (Fsp3) is 0.375. The van der Waals surface area contributed by atoms with Gasteiger partial charge in [0.25, 0.3) is 5.91 Å². The highest BCUT2D eigenvalue weighted by molar-refractivity contribution is 6.33. The number of nitrogens with zero attached hydrogens (tertiary/aromatic N) is 4. The van der Waals surface area contributed by atoms with Gasteiger partial charge >= 0.3 is 0 Å². The molecule has 32 heavy (non-hydrogen) atoms. The van der Waals surface area contributed by atoms with Gasteiger partial charge < -0.3 is 20.0 Å². The van der Waals surface area contributed by atoms with Gasteiger partial charge in [0.1, 0.15) is 17.7 Å². The van der Waals surface area contributed by atoms with Gasteiger partial charge in [0, 0.05) is 31.6 Å². The summed E-state index contributed by atoms with van der Waals surface area (Å²) in [6.07, 6.45) is -0.503. The Balaban J connectivity index is 1.63. The van der Waals surface area contributed by atoms with E-state index in [-0.39, 0.29) is 17.6 Å². The average molecular weight is 455 g/mol. The number of carbonyl (C=O) groups is 1. The van der Waals surface area contributed by atoms with E-state index in [9.17, 15) is 15.0 Å². The van der Waals surface area contributed by atoms with E-state index in [1.165, 1.54) is 0 Å². The topological polar surface area (TPSA) is 89.8 Å². The first-order chi connectivity index (χ1) is 15.3. The summed E-state index contributed by atoms with van der Waals surface area (Å²) in [5, 5.41) is 21.9. The number of carbonyl (C=O) groups excluding carboxylic acids is 1. The minimum atomic E-state index is -0.962. The number of aromatic hydroxyl groups is 1. The van der Waals surface area contributed by atoms with Crippen molar-refractivity contribution >= 4 is 34.2 Å². The molecule has 1 fully saturated rings. The van der Waals surface area contributed by atoms with Crippen molar-refractivity contribution in [2.75, 3.05) is 31.1 Å². The summed E-state index contributed by atoms with van der Waals surface area (Å²) in [4.78, 5) is 25.8. The van der Waals surface area contributed by atoms with Gasteiger partial charge in [-0.05, 0) is 36.6 Å². The second kappa shape index (κ2) is 9.30. The highest BCUT2D eigenvalue weighted by atomic mass is 35.5. The van der Waals surface area contributed by atoms with Crippen molar-refractivity contribution in [3.63, 3.8) is 0 Å². The zero-order valence-corrected chi connectivity index (χ0v) is 19.0.